The van der Waals surface area contributed by atoms with E-state index in [9.17, 15) is 9.59 Å². The zero-order valence-electron chi connectivity index (χ0n) is 17.2. The van der Waals surface area contributed by atoms with Crippen LogP contribution in [0.1, 0.15) is 42.7 Å². The molecule has 2 aromatic rings. The first-order valence-corrected chi connectivity index (χ1v) is 9.43. The lowest BCUT2D eigenvalue weighted by Crippen LogP contribution is -2.31. The van der Waals surface area contributed by atoms with Gasteiger partial charge in [0.25, 0.3) is 5.91 Å². The van der Waals surface area contributed by atoms with Gasteiger partial charge in [0.2, 0.25) is 5.91 Å². The summed E-state index contributed by atoms with van der Waals surface area (Å²) in [5.41, 5.74) is 6.44. The third-order valence-corrected chi connectivity index (χ3v) is 4.13. The Balaban J connectivity index is 1.95. The molecule has 0 aliphatic carbocycles. The Bertz CT molecular complexity index is 851. The molecule has 1 unspecified atom stereocenters. The van der Waals surface area contributed by atoms with Gasteiger partial charge in [0.05, 0.1) is 19.8 Å². The number of benzene rings is 2. The summed E-state index contributed by atoms with van der Waals surface area (Å²) in [5, 5.41) is 2.87. The molecule has 2 aromatic carbocycles. The molecule has 0 fully saturated rings. The smallest absolute Gasteiger partial charge is 0.258 e. The summed E-state index contributed by atoms with van der Waals surface area (Å²) >= 11 is 0. The molecule has 0 saturated heterocycles. The number of rotatable bonds is 10. The molecule has 0 aliphatic heterocycles. The van der Waals surface area contributed by atoms with Crippen molar-refractivity contribution in [2.45, 2.75) is 26.8 Å². The second-order valence-corrected chi connectivity index (χ2v) is 7.09. The Hall–Kier alpha value is -3.22. The number of hydrogen-bond acceptors (Lipinski definition) is 5. The summed E-state index contributed by atoms with van der Waals surface area (Å²) in [5.74, 6) is 1.24. The van der Waals surface area contributed by atoms with Gasteiger partial charge in [0.15, 0.2) is 18.1 Å². The molecule has 2 amide bonds. The molecule has 0 saturated carbocycles. The van der Waals surface area contributed by atoms with E-state index in [2.05, 4.69) is 19.2 Å². The van der Waals surface area contributed by atoms with E-state index < -0.39 is 5.91 Å². The standard InChI is InChI=1S/C22H28N2O5/c1-14(2)12-29-19-9-8-16(11-20(19)27-4)15(3)24-21(25)13-28-18-7-5-6-17(10-18)22(23)26/h5-11,14-15H,12-13H2,1-4H3,(H2,23,26)(H,24,25). The van der Waals surface area contributed by atoms with Gasteiger partial charge in [-0.2, -0.15) is 0 Å². The van der Waals surface area contributed by atoms with Crippen molar-refractivity contribution in [2.75, 3.05) is 20.3 Å². The van der Waals surface area contributed by atoms with Crippen LogP contribution in [0.4, 0.5) is 0 Å². The van der Waals surface area contributed by atoms with E-state index in [-0.39, 0.29) is 18.6 Å². The molecule has 29 heavy (non-hydrogen) atoms. The minimum absolute atomic E-state index is 0.181. The molecular weight excluding hydrogens is 372 g/mol. The number of methoxy groups -OCH3 is 1. The Labute approximate surface area is 171 Å². The summed E-state index contributed by atoms with van der Waals surface area (Å²) in [6.07, 6.45) is 0. The van der Waals surface area contributed by atoms with Crippen LogP contribution in [0, 0.1) is 5.92 Å². The van der Waals surface area contributed by atoms with E-state index >= 15 is 0 Å². The van der Waals surface area contributed by atoms with Crippen molar-refractivity contribution >= 4 is 11.8 Å². The van der Waals surface area contributed by atoms with Crippen molar-refractivity contribution in [3.8, 4) is 17.2 Å². The van der Waals surface area contributed by atoms with E-state index in [1.807, 2.05) is 25.1 Å². The van der Waals surface area contributed by atoms with Gasteiger partial charge in [-0.25, -0.2) is 0 Å². The second kappa shape index (κ2) is 10.4. The van der Waals surface area contributed by atoms with Crippen molar-refractivity contribution in [1.29, 1.82) is 0 Å². The highest BCUT2D eigenvalue weighted by molar-refractivity contribution is 5.93. The average Bonchev–Trinajstić information content (AvgIpc) is 2.70. The highest BCUT2D eigenvalue weighted by atomic mass is 16.5. The van der Waals surface area contributed by atoms with Crippen molar-refractivity contribution in [3.05, 3.63) is 53.6 Å². The van der Waals surface area contributed by atoms with Crippen molar-refractivity contribution in [1.82, 2.24) is 5.32 Å². The molecule has 0 spiro atoms. The molecule has 0 aromatic heterocycles. The van der Waals surface area contributed by atoms with Gasteiger partial charge in [0.1, 0.15) is 5.75 Å². The van der Waals surface area contributed by atoms with Crippen LogP contribution in [0.25, 0.3) is 0 Å². The Morgan fingerprint density at radius 3 is 2.45 bits per heavy atom. The Morgan fingerprint density at radius 2 is 1.79 bits per heavy atom. The third kappa shape index (κ3) is 6.71. The minimum Gasteiger partial charge on any atom is -0.493 e. The van der Waals surface area contributed by atoms with Crippen LogP contribution in [0.5, 0.6) is 17.2 Å². The van der Waals surface area contributed by atoms with Crippen molar-refractivity contribution in [3.63, 3.8) is 0 Å². The van der Waals surface area contributed by atoms with Crippen molar-refractivity contribution in [2.24, 2.45) is 11.7 Å². The normalized spacial score (nSPS) is 11.6. The van der Waals surface area contributed by atoms with E-state index in [1.54, 1.807) is 25.3 Å². The molecule has 156 valence electrons. The Morgan fingerprint density at radius 1 is 1.03 bits per heavy atom. The van der Waals surface area contributed by atoms with Crippen LogP contribution in [-0.4, -0.2) is 32.1 Å². The van der Waals surface area contributed by atoms with E-state index in [0.717, 1.165) is 5.56 Å². The zero-order valence-corrected chi connectivity index (χ0v) is 17.2. The van der Waals surface area contributed by atoms with E-state index in [4.69, 9.17) is 19.9 Å². The van der Waals surface area contributed by atoms with E-state index in [1.165, 1.54) is 6.07 Å². The summed E-state index contributed by atoms with van der Waals surface area (Å²) in [4.78, 5) is 23.4. The molecule has 0 radical (unpaired) electrons. The maximum atomic E-state index is 12.2. The number of primary amides is 1. The van der Waals surface area contributed by atoms with Crippen LogP contribution >= 0.6 is 0 Å². The monoisotopic (exact) mass is 400 g/mol. The topological polar surface area (TPSA) is 99.9 Å². The maximum Gasteiger partial charge on any atom is 0.258 e. The number of nitrogens with one attached hydrogen (secondary N) is 1. The second-order valence-electron chi connectivity index (χ2n) is 7.09. The maximum absolute atomic E-state index is 12.2. The summed E-state index contributed by atoms with van der Waals surface area (Å²) in [6, 6.07) is 11.7. The largest absolute Gasteiger partial charge is 0.493 e. The highest BCUT2D eigenvalue weighted by Crippen LogP contribution is 2.30. The van der Waals surface area contributed by atoms with Crippen LogP contribution in [0.2, 0.25) is 0 Å². The lowest BCUT2D eigenvalue weighted by atomic mass is 10.1. The summed E-state index contributed by atoms with van der Waals surface area (Å²) in [7, 11) is 1.58. The van der Waals surface area contributed by atoms with Gasteiger partial charge in [-0.1, -0.05) is 26.0 Å². The predicted molar refractivity (Wildman–Crippen MR) is 110 cm³/mol. The van der Waals surface area contributed by atoms with Gasteiger partial charge in [0, 0.05) is 5.56 Å². The molecule has 1 atom stereocenters. The number of ether oxygens (including phenoxy) is 3. The molecule has 2 rings (SSSR count). The van der Waals surface area contributed by atoms with Gasteiger partial charge < -0.3 is 25.3 Å². The van der Waals surface area contributed by atoms with Crippen LogP contribution in [0.3, 0.4) is 0 Å². The fourth-order valence-electron chi connectivity index (χ4n) is 2.58. The van der Waals surface area contributed by atoms with Gasteiger partial charge >= 0.3 is 0 Å². The summed E-state index contributed by atoms with van der Waals surface area (Å²) in [6.45, 7) is 6.43. The quantitative estimate of drug-likeness (QED) is 0.638. The number of nitrogens with two attached hydrogens (primary N) is 1. The number of carbonyl (C=O) groups is 2. The fourth-order valence-corrected chi connectivity index (χ4v) is 2.58. The lowest BCUT2D eigenvalue weighted by Gasteiger charge is -2.18. The molecule has 7 heteroatoms. The molecule has 0 aliphatic rings. The fraction of sp³-hybridized carbons (Fsp3) is 0.364. The zero-order chi connectivity index (χ0) is 21.4. The predicted octanol–water partition coefficient (Wildman–Crippen LogP) is 3.09. The average molecular weight is 400 g/mol. The SMILES string of the molecule is COc1cc(C(C)NC(=O)COc2cccc(C(N)=O)c2)ccc1OCC(C)C. The molecule has 7 nitrogen and oxygen atoms in total. The van der Waals surface area contributed by atoms with Gasteiger partial charge in [-0.05, 0) is 48.7 Å². The number of hydrogen-bond donors (Lipinski definition) is 2. The molecule has 0 heterocycles. The summed E-state index contributed by atoms with van der Waals surface area (Å²) < 4.78 is 16.6. The minimum atomic E-state index is -0.553. The Kier molecular flexibility index (Phi) is 7.88. The first-order valence-electron chi connectivity index (χ1n) is 9.43. The molecule has 3 N–H and O–H groups in total. The number of amides is 2. The van der Waals surface area contributed by atoms with E-state index in [0.29, 0.717) is 35.3 Å². The van der Waals surface area contributed by atoms with Crippen LogP contribution in [0.15, 0.2) is 42.5 Å². The molecule has 0 bridgehead atoms. The van der Waals surface area contributed by atoms with Crippen molar-refractivity contribution < 1.29 is 23.8 Å². The van der Waals surface area contributed by atoms with Crippen LogP contribution in [-0.2, 0) is 4.79 Å². The number of carbonyl (C=O) groups excluding carboxylic acids is 2. The first kappa shape index (κ1) is 22.1. The molecular formula is C22H28N2O5. The van der Waals surface area contributed by atoms with Crippen LogP contribution < -0.4 is 25.3 Å². The third-order valence-electron chi connectivity index (χ3n) is 4.13. The van der Waals surface area contributed by atoms with Gasteiger partial charge in [-0.15, -0.1) is 0 Å². The lowest BCUT2D eigenvalue weighted by molar-refractivity contribution is -0.123. The highest BCUT2D eigenvalue weighted by Gasteiger charge is 2.14. The first-order chi connectivity index (χ1) is 13.8. The van der Waals surface area contributed by atoms with Gasteiger partial charge in [-0.3, -0.25) is 9.59 Å².